The summed E-state index contributed by atoms with van der Waals surface area (Å²) >= 11 is 0. The van der Waals surface area contributed by atoms with Gasteiger partial charge in [0, 0.05) is 39.8 Å². The summed E-state index contributed by atoms with van der Waals surface area (Å²) in [5, 5.41) is 10.7. The first-order valence-corrected chi connectivity index (χ1v) is 9.26. The second-order valence-corrected chi connectivity index (χ2v) is 6.68. The highest BCUT2D eigenvalue weighted by molar-refractivity contribution is 14.0. The monoisotopic (exact) mass is 519 g/mol. The fourth-order valence-corrected chi connectivity index (χ4v) is 2.72. The Bertz CT molecular complexity index is 952. The molecule has 0 fully saturated rings. The van der Waals surface area contributed by atoms with Crippen molar-refractivity contribution in [1.82, 2.24) is 30.3 Å². The highest BCUT2D eigenvalue weighted by Gasteiger charge is 2.07. The summed E-state index contributed by atoms with van der Waals surface area (Å²) in [5.41, 5.74) is 3.84. The molecule has 0 saturated carbocycles. The Balaban J connectivity index is 0.00000320. The Kier molecular flexibility index (Phi) is 8.78. The first-order chi connectivity index (χ1) is 14.1. The molecule has 1 heterocycles. The summed E-state index contributed by atoms with van der Waals surface area (Å²) in [6.07, 6.45) is 3.18. The van der Waals surface area contributed by atoms with Crippen LogP contribution < -0.4 is 10.6 Å². The summed E-state index contributed by atoms with van der Waals surface area (Å²) < 4.78 is 1.72. The van der Waals surface area contributed by atoms with Crippen LogP contribution in [0.5, 0.6) is 0 Å². The van der Waals surface area contributed by atoms with E-state index < -0.39 is 0 Å². The summed E-state index contributed by atoms with van der Waals surface area (Å²) in [5.74, 6) is 0.704. The van der Waals surface area contributed by atoms with Gasteiger partial charge in [-0.2, -0.15) is 5.10 Å². The van der Waals surface area contributed by atoms with Gasteiger partial charge in [0.1, 0.15) is 12.7 Å². The molecule has 0 aliphatic heterocycles. The molecule has 30 heavy (non-hydrogen) atoms. The quantitative estimate of drug-likeness (QED) is 0.297. The minimum absolute atomic E-state index is 0. The van der Waals surface area contributed by atoms with E-state index in [2.05, 4.69) is 25.7 Å². The average molecular weight is 519 g/mol. The number of halogens is 1. The van der Waals surface area contributed by atoms with Crippen LogP contribution in [0.2, 0.25) is 0 Å². The van der Waals surface area contributed by atoms with Crippen LogP contribution in [-0.2, 0) is 13.1 Å². The van der Waals surface area contributed by atoms with Gasteiger partial charge in [-0.3, -0.25) is 9.79 Å². The topological polar surface area (TPSA) is 87.4 Å². The lowest BCUT2D eigenvalue weighted by atomic mass is 10.1. The van der Waals surface area contributed by atoms with Gasteiger partial charge in [0.25, 0.3) is 5.91 Å². The maximum absolute atomic E-state index is 11.9. The number of hydrogen-bond acceptors (Lipinski definition) is 4. The van der Waals surface area contributed by atoms with E-state index >= 15 is 0 Å². The minimum Gasteiger partial charge on any atom is -0.352 e. The molecule has 0 radical (unpaired) electrons. The van der Waals surface area contributed by atoms with E-state index in [1.54, 1.807) is 37.1 Å². The predicted octanol–water partition coefficient (Wildman–Crippen LogP) is 2.45. The Morgan fingerprint density at radius 2 is 1.57 bits per heavy atom. The van der Waals surface area contributed by atoms with Crippen molar-refractivity contribution < 1.29 is 4.79 Å². The number of hydrogen-bond donors (Lipinski definition) is 2. The van der Waals surface area contributed by atoms with E-state index in [1.807, 2.05) is 48.5 Å². The van der Waals surface area contributed by atoms with Crippen molar-refractivity contribution in [2.24, 2.45) is 4.99 Å². The van der Waals surface area contributed by atoms with E-state index in [1.165, 1.54) is 6.33 Å². The lowest BCUT2D eigenvalue weighted by Gasteiger charge is -2.13. The Morgan fingerprint density at radius 3 is 2.03 bits per heavy atom. The summed E-state index contributed by atoms with van der Waals surface area (Å²) in [7, 11) is 5.23. The first kappa shape index (κ1) is 23.3. The first-order valence-electron chi connectivity index (χ1n) is 9.26. The summed E-state index contributed by atoms with van der Waals surface area (Å²) in [6.45, 7) is 1.26. The Labute approximate surface area is 193 Å². The molecule has 3 rings (SSSR count). The molecule has 9 heteroatoms. The normalized spacial score (nSPS) is 10.8. The molecule has 158 valence electrons. The van der Waals surface area contributed by atoms with Crippen molar-refractivity contribution >= 4 is 35.8 Å². The molecule has 0 bridgehead atoms. The zero-order valence-corrected chi connectivity index (χ0v) is 19.6. The number of rotatable bonds is 6. The zero-order valence-electron chi connectivity index (χ0n) is 17.2. The number of aliphatic imine (C=N–C) groups is 1. The Hall–Kier alpha value is -2.95. The lowest BCUT2D eigenvalue weighted by Crippen LogP contribution is -2.36. The number of nitrogens with zero attached hydrogens (tertiary/aromatic N) is 5. The fraction of sp³-hybridized carbons (Fsp3) is 0.238. The molecule has 3 aromatic rings. The van der Waals surface area contributed by atoms with Crippen LogP contribution in [0.1, 0.15) is 21.5 Å². The molecule has 1 amide bonds. The molecular weight excluding hydrogens is 493 g/mol. The van der Waals surface area contributed by atoms with Gasteiger partial charge >= 0.3 is 0 Å². The second-order valence-electron chi connectivity index (χ2n) is 6.68. The summed E-state index contributed by atoms with van der Waals surface area (Å²) in [4.78, 5) is 21.7. The van der Waals surface area contributed by atoms with Crippen molar-refractivity contribution in [1.29, 1.82) is 0 Å². The van der Waals surface area contributed by atoms with Crippen LogP contribution >= 0.6 is 24.0 Å². The van der Waals surface area contributed by atoms with E-state index in [9.17, 15) is 4.79 Å². The van der Waals surface area contributed by atoms with Crippen LogP contribution in [-0.4, -0.2) is 52.7 Å². The van der Waals surface area contributed by atoms with E-state index in [-0.39, 0.29) is 29.9 Å². The SMILES string of the molecule is CN=C(NCc1ccc(C(=O)N(C)C)cc1)NCc1ccc(-n2cncn2)cc1.I. The molecule has 2 N–H and O–H groups in total. The van der Waals surface area contributed by atoms with Gasteiger partial charge in [0.05, 0.1) is 5.69 Å². The van der Waals surface area contributed by atoms with Gasteiger partial charge in [-0.1, -0.05) is 24.3 Å². The molecule has 8 nitrogen and oxygen atoms in total. The minimum atomic E-state index is -0.00294. The number of nitrogens with one attached hydrogen (secondary N) is 2. The molecule has 0 atom stereocenters. The molecule has 0 spiro atoms. The standard InChI is InChI=1S/C21H25N7O.HI/c1-22-21(24-12-16-4-8-18(9-5-16)20(29)27(2)3)25-13-17-6-10-19(11-7-17)28-15-23-14-26-28;/h4-11,14-15H,12-13H2,1-3H3,(H2,22,24,25);1H. The van der Waals surface area contributed by atoms with Gasteiger partial charge in [-0.25, -0.2) is 9.67 Å². The van der Waals surface area contributed by atoms with E-state index in [0.29, 0.717) is 24.6 Å². The van der Waals surface area contributed by atoms with Crippen molar-refractivity contribution in [3.05, 3.63) is 77.9 Å². The highest BCUT2D eigenvalue weighted by Crippen LogP contribution is 2.08. The third-order valence-electron chi connectivity index (χ3n) is 4.37. The van der Waals surface area contributed by atoms with Gasteiger partial charge in [-0.15, -0.1) is 24.0 Å². The van der Waals surface area contributed by atoms with Gasteiger partial charge in [0.2, 0.25) is 0 Å². The number of aromatic nitrogens is 3. The predicted molar refractivity (Wildman–Crippen MR) is 128 cm³/mol. The third kappa shape index (κ3) is 6.28. The summed E-state index contributed by atoms with van der Waals surface area (Å²) in [6, 6.07) is 15.6. The van der Waals surface area contributed by atoms with Crippen LogP contribution in [0, 0.1) is 0 Å². The maximum atomic E-state index is 11.9. The van der Waals surface area contributed by atoms with E-state index in [0.717, 1.165) is 16.8 Å². The van der Waals surface area contributed by atoms with Crippen LogP contribution in [0.4, 0.5) is 0 Å². The number of benzene rings is 2. The molecule has 0 aliphatic carbocycles. The molecule has 1 aromatic heterocycles. The fourth-order valence-electron chi connectivity index (χ4n) is 2.72. The molecule has 0 saturated heterocycles. The molecular formula is C21H26IN7O. The van der Waals surface area contributed by atoms with Crippen LogP contribution in [0.25, 0.3) is 5.69 Å². The van der Waals surface area contributed by atoms with Crippen LogP contribution in [0.3, 0.4) is 0 Å². The van der Waals surface area contributed by atoms with Crippen molar-refractivity contribution in [2.75, 3.05) is 21.1 Å². The highest BCUT2D eigenvalue weighted by atomic mass is 127. The molecule has 0 aliphatic rings. The maximum Gasteiger partial charge on any atom is 0.253 e. The number of guanidine groups is 1. The number of carbonyl (C=O) groups is 1. The van der Waals surface area contributed by atoms with Gasteiger partial charge in [0.15, 0.2) is 5.96 Å². The van der Waals surface area contributed by atoms with Crippen LogP contribution in [0.15, 0.2) is 66.2 Å². The zero-order chi connectivity index (χ0) is 20.6. The van der Waals surface area contributed by atoms with Crippen molar-refractivity contribution in [3.63, 3.8) is 0 Å². The van der Waals surface area contributed by atoms with E-state index in [4.69, 9.17) is 0 Å². The lowest BCUT2D eigenvalue weighted by molar-refractivity contribution is 0.0827. The van der Waals surface area contributed by atoms with Crippen molar-refractivity contribution in [3.8, 4) is 5.69 Å². The van der Waals surface area contributed by atoms with Crippen molar-refractivity contribution in [2.45, 2.75) is 13.1 Å². The largest absolute Gasteiger partial charge is 0.352 e. The molecule has 0 unspecified atom stereocenters. The van der Waals surface area contributed by atoms with Gasteiger partial charge in [-0.05, 0) is 35.4 Å². The van der Waals surface area contributed by atoms with Gasteiger partial charge < -0.3 is 15.5 Å². The number of carbonyl (C=O) groups excluding carboxylic acids is 1. The third-order valence-corrected chi connectivity index (χ3v) is 4.37. The number of amides is 1. The molecule has 2 aromatic carbocycles. The average Bonchev–Trinajstić information content (AvgIpc) is 3.29. The second kappa shape index (κ2) is 11.3. The Morgan fingerprint density at radius 1 is 1.00 bits per heavy atom. The smallest absolute Gasteiger partial charge is 0.253 e.